The normalized spacial score (nSPS) is 16.5. The second-order valence-electron chi connectivity index (χ2n) is 5.46. The molecule has 140 valence electrons. The number of carbonyl (C=O) groups excluding carboxylic acids is 1. The number of amides is 1. The minimum absolute atomic E-state index is 0.111. The van der Waals surface area contributed by atoms with Crippen LogP contribution in [-0.2, 0) is 4.79 Å². The number of hydrogen-bond donors (Lipinski definition) is 2. The summed E-state index contributed by atoms with van der Waals surface area (Å²) in [6.45, 7) is 0. The lowest BCUT2D eigenvalue weighted by molar-refractivity contribution is -0.115. The molecule has 3 rings (SSSR count). The molecule has 27 heavy (non-hydrogen) atoms. The molecule has 1 aliphatic rings. The number of aromatic hydroxyl groups is 1. The largest absolute Gasteiger partial charge is 0.508 e. The number of aliphatic imine (C=N–C) groups is 1. The van der Waals surface area contributed by atoms with Gasteiger partial charge in [-0.3, -0.25) is 4.79 Å². The molecule has 0 aliphatic carbocycles. The van der Waals surface area contributed by atoms with E-state index in [1.165, 1.54) is 39.2 Å². The van der Waals surface area contributed by atoms with E-state index in [2.05, 4.69) is 10.3 Å². The average Bonchev–Trinajstić information content (AvgIpc) is 2.99. The number of carbonyl (C=O) groups is 1. The van der Waals surface area contributed by atoms with Crippen molar-refractivity contribution in [2.75, 3.05) is 21.3 Å². The van der Waals surface area contributed by atoms with Crippen LogP contribution in [0.3, 0.4) is 0 Å². The second kappa shape index (κ2) is 8.05. The Kier molecular flexibility index (Phi) is 5.56. The van der Waals surface area contributed by atoms with Crippen molar-refractivity contribution in [3.05, 3.63) is 46.9 Å². The number of methoxy groups -OCH3 is 3. The van der Waals surface area contributed by atoms with Crippen LogP contribution < -0.4 is 19.5 Å². The first-order chi connectivity index (χ1) is 13.0. The van der Waals surface area contributed by atoms with Crippen molar-refractivity contribution in [1.82, 2.24) is 5.32 Å². The molecular weight excluding hydrogens is 368 g/mol. The van der Waals surface area contributed by atoms with Crippen LogP contribution in [0.5, 0.6) is 23.0 Å². The Labute approximate surface area is 160 Å². The van der Waals surface area contributed by atoms with Gasteiger partial charge >= 0.3 is 0 Å². The number of amidine groups is 1. The van der Waals surface area contributed by atoms with Gasteiger partial charge in [-0.15, -0.1) is 0 Å². The molecule has 0 spiro atoms. The summed E-state index contributed by atoms with van der Waals surface area (Å²) in [6, 6.07) is 10.0. The van der Waals surface area contributed by atoms with Crippen LogP contribution in [0, 0.1) is 0 Å². The molecule has 7 nitrogen and oxygen atoms in total. The molecule has 0 bridgehead atoms. The fourth-order valence-corrected chi connectivity index (χ4v) is 3.34. The topological polar surface area (TPSA) is 89.4 Å². The highest BCUT2D eigenvalue weighted by molar-refractivity contribution is 8.18. The third kappa shape index (κ3) is 4.17. The van der Waals surface area contributed by atoms with Crippen molar-refractivity contribution >= 4 is 34.6 Å². The number of rotatable bonds is 5. The van der Waals surface area contributed by atoms with E-state index in [1.807, 2.05) is 0 Å². The minimum Gasteiger partial charge on any atom is -0.508 e. The Morgan fingerprint density at radius 3 is 2.37 bits per heavy atom. The second-order valence-corrected chi connectivity index (χ2v) is 6.49. The van der Waals surface area contributed by atoms with E-state index in [4.69, 9.17) is 14.2 Å². The van der Waals surface area contributed by atoms with Gasteiger partial charge in [0, 0.05) is 6.07 Å². The lowest BCUT2D eigenvalue weighted by Crippen LogP contribution is -2.19. The number of phenols is 1. The van der Waals surface area contributed by atoms with Gasteiger partial charge in [0.1, 0.15) is 5.75 Å². The summed E-state index contributed by atoms with van der Waals surface area (Å²) >= 11 is 1.21. The molecule has 1 saturated heterocycles. The zero-order valence-corrected chi connectivity index (χ0v) is 15.8. The number of phenolic OH excluding ortho intramolecular Hbond substituents is 1. The van der Waals surface area contributed by atoms with E-state index in [0.29, 0.717) is 33.0 Å². The highest BCUT2D eigenvalue weighted by Crippen LogP contribution is 2.39. The third-order valence-corrected chi connectivity index (χ3v) is 4.61. The summed E-state index contributed by atoms with van der Waals surface area (Å²) in [6.07, 6.45) is 1.72. The van der Waals surface area contributed by atoms with Crippen molar-refractivity contribution in [2.24, 2.45) is 4.99 Å². The maximum Gasteiger partial charge on any atom is 0.264 e. The molecule has 0 aromatic heterocycles. The lowest BCUT2D eigenvalue weighted by atomic mass is 10.1. The molecule has 8 heteroatoms. The minimum atomic E-state index is -0.257. The third-order valence-electron chi connectivity index (χ3n) is 3.70. The summed E-state index contributed by atoms with van der Waals surface area (Å²) in [5.74, 6) is 1.34. The number of nitrogens with one attached hydrogen (secondary N) is 1. The van der Waals surface area contributed by atoms with Crippen LogP contribution >= 0.6 is 11.8 Å². The zero-order valence-electron chi connectivity index (χ0n) is 15.0. The van der Waals surface area contributed by atoms with Gasteiger partial charge in [0.2, 0.25) is 5.75 Å². The van der Waals surface area contributed by atoms with Crippen molar-refractivity contribution in [3.63, 3.8) is 0 Å². The van der Waals surface area contributed by atoms with Crippen molar-refractivity contribution in [3.8, 4) is 23.0 Å². The number of hydrogen-bond acceptors (Lipinski definition) is 7. The maximum absolute atomic E-state index is 12.3. The molecule has 1 fully saturated rings. The molecule has 1 amide bonds. The van der Waals surface area contributed by atoms with E-state index >= 15 is 0 Å². The van der Waals surface area contributed by atoms with E-state index in [9.17, 15) is 9.90 Å². The highest BCUT2D eigenvalue weighted by Gasteiger charge is 2.24. The molecule has 1 heterocycles. The Bertz CT molecular complexity index is 914. The molecule has 2 N–H and O–H groups in total. The number of thioether (sulfide) groups is 1. The van der Waals surface area contributed by atoms with E-state index in [0.717, 1.165) is 5.56 Å². The van der Waals surface area contributed by atoms with E-state index in [-0.39, 0.29) is 11.7 Å². The van der Waals surface area contributed by atoms with Gasteiger partial charge in [-0.05, 0) is 47.7 Å². The van der Waals surface area contributed by atoms with Crippen LogP contribution in [-0.4, -0.2) is 37.5 Å². The predicted molar refractivity (Wildman–Crippen MR) is 105 cm³/mol. The van der Waals surface area contributed by atoms with Crippen molar-refractivity contribution < 1.29 is 24.1 Å². The quantitative estimate of drug-likeness (QED) is 0.767. The Morgan fingerprint density at radius 1 is 1.07 bits per heavy atom. The smallest absolute Gasteiger partial charge is 0.264 e. The summed E-state index contributed by atoms with van der Waals surface area (Å²) in [4.78, 5) is 17.1. The van der Waals surface area contributed by atoms with Crippen LogP contribution in [0.25, 0.3) is 6.08 Å². The first-order valence-corrected chi connectivity index (χ1v) is 8.74. The summed E-state index contributed by atoms with van der Waals surface area (Å²) < 4.78 is 16.0. The fourth-order valence-electron chi connectivity index (χ4n) is 2.50. The molecule has 2 aromatic carbocycles. The van der Waals surface area contributed by atoms with Crippen LogP contribution in [0.4, 0.5) is 5.69 Å². The highest BCUT2D eigenvalue weighted by atomic mass is 32.2. The Balaban J connectivity index is 1.90. The first kappa shape index (κ1) is 18.7. The standard InChI is InChI=1S/C19H18N2O5S/c1-24-14-7-11(8-15(25-2)17(14)26-3)9-16-18(23)21-19(27-16)20-12-5-4-6-13(22)10-12/h4-10,22H,1-3H3,(H,20,21,23)/b16-9-. The molecule has 1 aliphatic heterocycles. The number of ether oxygens (including phenoxy) is 3. The zero-order chi connectivity index (χ0) is 19.4. The van der Waals surface area contributed by atoms with Gasteiger partial charge in [0.05, 0.1) is 31.9 Å². The van der Waals surface area contributed by atoms with Crippen LogP contribution in [0.1, 0.15) is 5.56 Å². The van der Waals surface area contributed by atoms with Crippen molar-refractivity contribution in [1.29, 1.82) is 0 Å². The van der Waals surface area contributed by atoms with E-state index < -0.39 is 0 Å². The van der Waals surface area contributed by atoms with Gasteiger partial charge < -0.3 is 24.6 Å². The first-order valence-electron chi connectivity index (χ1n) is 7.92. The number of benzene rings is 2. The van der Waals surface area contributed by atoms with Crippen LogP contribution in [0.2, 0.25) is 0 Å². The molecule has 0 atom stereocenters. The molecule has 0 saturated carbocycles. The van der Waals surface area contributed by atoms with Gasteiger partial charge in [-0.25, -0.2) is 4.99 Å². The number of nitrogens with zero attached hydrogens (tertiary/aromatic N) is 1. The summed E-state index contributed by atoms with van der Waals surface area (Å²) in [5.41, 5.74) is 1.27. The summed E-state index contributed by atoms with van der Waals surface area (Å²) in [5, 5.41) is 12.7. The monoisotopic (exact) mass is 386 g/mol. The molecule has 2 aromatic rings. The van der Waals surface area contributed by atoms with Crippen molar-refractivity contribution in [2.45, 2.75) is 0 Å². The average molecular weight is 386 g/mol. The lowest BCUT2D eigenvalue weighted by Gasteiger charge is -2.12. The van der Waals surface area contributed by atoms with Gasteiger partial charge in [-0.1, -0.05) is 6.07 Å². The van der Waals surface area contributed by atoms with E-state index in [1.54, 1.807) is 36.4 Å². The summed E-state index contributed by atoms with van der Waals surface area (Å²) in [7, 11) is 4.60. The SMILES string of the molecule is COc1cc(/C=C2\SC(=Nc3cccc(O)c3)NC2=O)cc(OC)c1OC. The molecular formula is C19H18N2O5S. The molecule has 0 unspecified atom stereocenters. The fraction of sp³-hybridized carbons (Fsp3) is 0.158. The van der Waals surface area contributed by atoms with Gasteiger partial charge in [0.25, 0.3) is 5.91 Å². The van der Waals surface area contributed by atoms with Gasteiger partial charge in [-0.2, -0.15) is 0 Å². The van der Waals surface area contributed by atoms with Gasteiger partial charge in [0.15, 0.2) is 16.7 Å². The predicted octanol–water partition coefficient (Wildman–Crippen LogP) is 3.31. The Hall–Kier alpha value is -3.13. The van der Waals surface area contributed by atoms with Crippen LogP contribution in [0.15, 0.2) is 46.3 Å². The molecule has 0 radical (unpaired) electrons. The maximum atomic E-state index is 12.3. The Morgan fingerprint density at radius 2 is 1.78 bits per heavy atom.